The summed E-state index contributed by atoms with van der Waals surface area (Å²) in [5.74, 6) is -7.36. The first kappa shape index (κ1) is 50.1. The summed E-state index contributed by atoms with van der Waals surface area (Å²) in [7, 11) is 0. The van der Waals surface area contributed by atoms with Gasteiger partial charge < -0.3 is 32.3 Å². The van der Waals surface area contributed by atoms with Crippen molar-refractivity contribution in [3.05, 3.63) is 179 Å². The van der Waals surface area contributed by atoms with E-state index >= 15 is 0 Å². The minimum Gasteiger partial charge on any atom is -0.404 e. The van der Waals surface area contributed by atoms with E-state index in [1.165, 1.54) is 63.5 Å². The van der Waals surface area contributed by atoms with Crippen molar-refractivity contribution < 1.29 is 43.2 Å². The number of anilines is 5. The van der Waals surface area contributed by atoms with Gasteiger partial charge in [-0.2, -0.15) is 0 Å². The number of halogens is 4. The fourth-order valence-corrected chi connectivity index (χ4v) is 8.12. The van der Waals surface area contributed by atoms with Gasteiger partial charge in [0.25, 0.3) is 0 Å². The van der Waals surface area contributed by atoms with Crippen LogP contribution in [0.5, 0.6) is 0 Å². The lowest BCUT2D eigenvalue weighted by atomic mass is 9.83. The molecule has 0 heterocycles. The number of aryl methyl sites for hydroxylation is 1. The standard InChI is InChI=1S/C49H36Br2Cl2N6O9/c1-5-24-41(60)27(16-54)47(66)29(42(24)61)20-58-39-14-36(53)40(15-35(39)52)59-21-32-46(65)26(7-3)45(64)31(49(32)68)19-57-38-13-33(50)37(12-34(38)51)56-18-30-44(63)25(6-2)43(62)28(48(30)67)17-55-23-10-8-22(4)9-11-23/h5-21,55-59H,54H2,1-4H3/b24-5-,25-6+,26-7+,27-16+,28-17-,29-20-,30-18+,31-19-,32-21+. The van der Waals surface area contributed by atoms with Crippen molar-refractivity contribution in [3.63, 3.8) is 0 Å². The van der Waals surface area contributed by atoms with E-state index < -0.39 is 57.6 Å². The van der Waals surface area contributed by atoms with Crippen LogP contribution in [0.25, 0.3) is 0 Å². The Hall–Kier alpha value is -7.31. The second kappa shape index (κ2) is 21.1. The van der Waals surface area contributed by atoms with Gasteiger partial charge in [-0.15, -0.1) is 0 Å². The number of ketones is 9. The van der Waals surface area contributed by atoms with Crippen LogP contribution in [0.3, 0.4) is 0 Å². The lowest BCUT2D eigenvalue weighted by molar-refractivity contribution is -0.126. The van der Waals surface area contributed by atoms with E-state index in [-0.39, 0.29) is 66.0 Å². The molecule has 0 aliphatic heterocycles. The fraction of sp³-hybridized carbons (Fsp3) is 0.0816. The normalized spacial score (nSPS) is 21.2. The summed E-state index contributed by atoms with van der Waals surface area (Å²) in [6, 6.07) is 13.1. The first-order valence-electron chi connectivity index (χ1n) is 20.1. The lowest BCUT2D eigenvalue weighted by Gasteiger charge is -2.19. The molecule has 19 heteroatoms. The first-order valence-corrected chi connectivity index (χ1v) is 22.4. The second-order valence-electron chi connectivity index (χ2n) is 14.7. The fourth-order valence-electron chi connectivity index (χ4n) is 6.77. The molecular formula is C49H36Br2Cl2N6O9. The largest absolute Gasteiger partial charge is 0.404 e. The Morgan fingerprint density at radius 2 is 0.691 bits per heavy atom. The number of hydrogen-bond donors (Lipinski definition) is 6. The molecule has 0 spiro atoms. The molecule has 0 bridgehead atoms. The summed E-state index contributed by atoms with van der Waals surface area (Å²) in [6.45, 7) is 6.38. The number of Topliss-reactive ketones (excluding diaryl/α,β-unsaturated/α-hetero) is 9. The molecule has 0 amide bonds. The van der Waals surface area contributed by atoms with E-state index in [1.807, 2.05) is 19.1 Å². The highest BCUT2D eigenvalue weighted by atomic mass is 79.9. The summed E-state index contributed by atoms with van der Waals surface area (Å²) in [4.78, 5) is 119. The van der Waals surface area contributed by atoms with Crippen LogP contribution in [0, 0.1) is 6.92 Å². The molecule has 7 N–H and O–H groups in total. The average Bonchev–Trinajstić information content (AvgIpc) is 3.29. The van der Waals surface area contributed by atoms with E-state index in [0.29, 0.717) is 26.0 Å². The van der Waals surface area contributed by atoms with Crippen LogP contribution >= 0.6 is 55.1 Å². The third kappa shape index (κ3) is 10.0. The number of nitrogens with two attached hydrogens (primary N) is 1. The molecule has 6 rings (SSSR count). The molecule has 3 aliphatic carbocycles. The number of allylic oxidation sites excluding steroid dienone is 12. The van der Waals surface area contributed by atoms with E-state index in [0.717, 1.165) is 30.4 Å². The van der Waals surface area contributed by atoms with Crippen molar-refractivity contribution in [1.82, 2.24) is 0 Å². The van der Waals surface area contributed by atoms with Gasteiger partial charge in [-0.25, -0.2) is 0 Å². The van der Waals surface area contributed by atoms with Crippen molar-refractivity contribution in [3.8, 4) is 0 Å². The zero-order chi connectivity index (χ0) is 49.7. The number of benzene rings is 3. The molecule has 0 unspecified atom stereocenters. The third-order valence-electron chi connectivity index (χ3n) is 10.5. The van der Waals surface area contributed by atoms with Crippen LogP contribution in [0.2, 0.25) is 10.0 Å². The van der Waals surface area contributed by atoms with E-state index in [1.54, 1.807) is 24.3 Å². The predicted octanol–water partition coefficient (Wildman–Crippen LogP) is 8.55. The third-order valence-corrected chi connectivity index (χ3v) is 12.4. The summed E-state index contributed by atoms with van der Waals surface area (Å²) < 4.78 is 0.806. The van der Waals surface area contributed by atoms with Gasteiger partial charge in [0.2, 0.25) is 52.0 Å². The van der Waals surface area contributed by atoms with Gasteiger partial charge in [0, 0.05) is 51.8 Å². The van der Waals surface area contributed by atoms with Crippen molar-refractivity contribution in [1.29, 1.82) is 0 Å². The van der Waals surface area contributed by atoms with Crippen LogP contribution in [0.1, 0.15) is 26.3 Å². The molecule has 3 saturated carbocycles. The topological polar surface area (TPSA) is 240 Å². The highest BCUT2D eigenvalue weighted by Gasteiger charge is 2.40. The molecule has 0 aromatic heterocycles. The highest BCUT2D eigenvalue weighted by Crippen LogP contribution is 2.36. The van der Waals surface area contributed by atoms with Gasteiger partial charge in [0.15, 0.2) is 0 Å². The molecule has 344 valence electrons. The molecule has 3 aromatic rings. The number of carbonyl (C=O) groups is 9. The summed E-state index contributed by atoms with van der Waals surface area (Å²) in [5.41, 5.74) is 5.39. The maximum Gasteiger partial charge on any atom is 0.203 e. The molecule has 0 saturated heterocycles. The monoisotopic (exact) mass is 1080 g/mol. The Morgan fingerprint density at radius 1 is 0.412 bits per heavy atom. The van der Waals surface area contributed by atoms with Crippen LogP contribution < -0.4 is 32.3 Å². The van der Waals surface area contributed by atoms with Gasteiger partial charge in [0.1, 0.15) is 0 Å². The molecule has 15 nitrogen and oxygen atoms in total. The van der Waals surface area contributed by atoms with Gasteiger partial charge in [-0.05, 0) is 96.0 Å². The van der Waals surface area contributed by atoms with Gasteiger partial charge in [-0.3, -0.25) is 43.2 Å². The number of carbonyl (C=O) groups excluding carboxylic acids is 9. The Morgan fingerprint density at radius 3 is 1.01 bits per heavy atom. The summed E-state index contributed by atoms with van der Waals surface area (Å²) >= 11 is 19.9. The van der Waals surface area contributed by atoms with E-state index in [9.17, 15) is 43.2 Å². The minimum absolute atomic E-state index is 0.0164. The maximum absolute atomic E-state index is 13.8. The zero-order valence-electron chi connectivity index (χ0n) is 36.1. The van der Waals surface area contributed by atoms with Gasteiger partial charge in [0.05, 0.1) is 83.0 Å². The van der Waals surface area contributed by atoms with E-state index in [2.05, 4.69) is 58.4 Å². The number of nitrogens with one attached hydrogen (secondary N) is 5. The first-order chi connectivity index (χ1) is 32.4. The SMILES string of the molecule is C/C=C1\C(=O)/C(=C/Nc2cc(Cl)c(N/C=C3\C(=O)/C(=C/C)C(=O)/C(=C/Nc4cc(Br)c(N/C=C5/C(=O)/C(=C\Nc6ccc(C)cc6)C(=O)/C(=C\C)C5=O)cc4Br)C3=O)cc2Cl)C(=O)/C(=C/N)C1=O. The Bertz CT molecular complexity index is 3100. The summed E-state index contributed by atoms with van der Waals surface area (Å²) in [5, 5.41) is 14.4. The Labute approximate surface area is 415 Å². The highest BCUT2D eigenvalue weighted by molar-refractivity contribution is 9.11. The molecule has 0 atom stereocenters. The van der Waals surface area contributed by atoms with Crippen LogP contribution in [-0.2, 0) is 43.2 Å². The summed E-state index contributed by atoms with van der Waals surface area (Å²) in [6.07, 6.45) is 10.5. The van der Waals surface area contributed by atoms with Crippen LogP contribution in [0.4, 0.5) is 28.4 Å². The average molecular weight is 1080 g/mol. The number of rotatable bonds is 10. The minimum atomic E-state index is -0.923. The van der Waals surface area contributed by atoms with E-state index in [4.69, 9.17) is 28.9 Å². The maximum atomic E-state index is 13.8. The smallest absolute Gasteiger partial charge is 0.203 e. The van der Waals surface area contributed by atoms with Crippen LogP contribution in [0.15, 0.2) is 163 Å². The second-order valence-corrected chi connectivity index (χ2v) is 17.2. The van der Waals surface area contributed by atoms with Crippen molar-refractivity contribution in [2.75, 3.05) is 26.6 Å². The molecule has 0 radical (unpaired) electrons. The Balaban J connectivity index is 1.20. The molecule has 68 heavy (non-hydrogen) atoms. The Kier molecular flexibility index (Phi) is 15.6. The molecular weight excluding hydrogens is 1050 g/mol. The molecule has 3 aromatic carbocycles. The quantitative estimate of drug-likeness (QED) is 0.0824. The van der Waals surface area contributed by atoms with Gasteiger partial charge >= 0.3 is 0 Å². The lowest BCUT2D eigenvalue weighted by Crippen LogP contribution is -2.32. The van der Waals surface area contributed by atoms with Crippen molar-refractivity contribution in [2.45, 2.75) is 27.7 Å². The van der Waals surface area contributed by atoms with Crippen molar-refractivity contribution >= 4 is 136 Å². The predicted molar refractivity (Wildman–Crippen MR) is 267 cm³/mol. The van der Waals surface area contributed by atoms with Crippen LogP contribution in [-0.4, -0.2) is 52.0 Å². The zero-order valence-corrected chi connectivity index (χ0v) is 40.8. The van der Waals surface area contributed by atoms with Crippen molar-refractivity contribution in [2.24, 2.45) is 5.73 Å². The molecule has 3 aliphatic rings. The number of hydrogen-bond acceptors (Lipinski definition) is 15. The molecule has 3 fully saturated rings. The van der Waals surface area contributed by atoms with Gasteiger partial charge in [-0.1, -0.05) is 59.1 Å².